The molecule has 0 radical (unpaired) electrons. The second-order valence-electron chi connectivity index (χ2n) is 4.68. The number of rotatable bonds is 5. The van der Waals surface area contributed by atoms with E-state index in [0.29, 0.717) is 25.1 Å². The van der Waals surface area contributed by atoms with E-state index in [4.69, 9.17) is 0 Å². The van der Waals surface area contributed by atoms with Crippen LogP contribution in [0.5, 0.6) is 0 Å². The van der Waals surface area contributed by atoms with Gasteiger partial charge < -0.3 is 10.0 Å². The maximum atomic E-state index is 12.1. The van der Waals surface area contributed by atoms with Gasteiger partial charge in [0.2, 0.25) is 0 Å². The molecule has 1 amide bonds. The molecule has 96 valence electrons. The number of nitrogens with zero attached hydrogens (tertiary/aromatic N) is 1. The van der Waals surface area contributed by atoms with E-state index < -0.39 is 0 Å². The molecule has 0 bridgehead atoms. The van der Waals surface area contributed by atoms with Crippen molar-refractivity contribution < 1.29 is 9.90 Å². The molecular weight excluding hydrogens is 226 g/mol. The molecule has 1 N–H and O–H groups in total. The zero-order chi connectivity index (χ0) is 13.0. The number of carbonyl (C=O) groups is 1. The molecule has 0 spiro atoms. The Labute approximate surface area is 108 Å². The van der Waals surface area contributed by atoms with E-state index in [1.54, 1.807) is 4.90 Å². The van der Waals surface area contributed by atoms with Crippen LogP contribution in [0.1, 0.15) is 31.7 Å². The minimum absolute atomic E-state index is 0.00944. The van der Waals surface area contributed by atoms with Crippen LogP contribution < -0.4 is 0 Å². The van der Waals surface area contributed by atoms with Crippen molar-refractivity contribution in [2.45, 2.75) is 32.7 Å². The standard InChI is InChI=1S/C15H19NO2/c1-2-3-9-13-14(17)11-16(15(13)18)10-12-7-5-4-6-8-12/h4-8,17H,2-3,9-11H2,1H3. The molecular formula is C15H19NO2. The summed E-state index contributed by atoms with van der Waals surface area (Å²) in [5.41, 5.74) is 1.70. The Morgan fingerprint density at radius 1 is 1.28 bits per heavy atom. The molecule has 0 aromatic heterocycles. The second kappa shape index (κ2) is 5.71. The average Bonchev–Trinajstić information content (AvgIpc) is 2.64. The Bertz CT molecular complexity index is 451. The maximum absolute atomic E-state index is 12.1. The van der Waals surface area contributed by atoms with Crippen LogP contribution in [0.4, 0.5) is 0 Å². The summed E-state index contributed by atoms with van der Waals surface area (Å²) in [6, 6.07) is 9.86. The van der Waals surface area contributed by atoms with E-state index in [1.807, 2.05) is 30.3 Å². The van der Waals surface area contributed by atoms with Gasteiger partial charge in [-0.05, 0) is 18.4 Å². The van der Waals surface area contributed by atoms with Crippen molar-refractivity contribution in [3.63, 3.8) is 0 Å². The fraction of sp³-hybridized carbons (Fsp3) is 0.400. The highest BCUT2D eigenvalue weighted by Gasteiger charge is 2.29. The summed E-state index contributed by atoms with van der Waals surface area (Å²) < 4.78 is 0. The Kier molecular flexibility index (Phi) is 4.03. The lowest BCUT2D eigenvalue weighted by Crippen LogP contribution is -2.26. The predicted octanol–water partition coefficient (Wildman–Crippen LogP) is 3.03. The van der Waals surface area contributed by atoms with Gasteiger partial charge in [0, 0.05) is 6.54 Å². The summed E-state index contributed by atoms with van der Waals surface area (Å²) in [6.45, 7) is 3.00. The number of aliphatic hydroxyl groups is 1. The zero-order valence-corrected chi connectivity index (χ0v) is 10.7. The van der Waals surface area contributed by atoms with Crippen LogP contribution in [0.15, 0.2) is 41.7 Å². The van der Waals surface area contributed by atoms with Crippen LogP contribution >= 0.6 is 0 Å². The van der Waals surface area contributed by atoms with Crippen molar-refractivity contribution >= 4 is 5.91 Å². The first-order valence-corrected chi connectivity index (χ1v) is 6.46. The third-order valence-corrected chi connectivity index (χ3v) is 3.23. The van der Waals surface area contributed by atoms with E-state index in [0.717, 1.165) is 18.4 Å². The molecule has 0 atom stereocenters. The monoisotopic (exact) mass is 245 g/mol. The molecule has 18 heavy (non-hydrogen) atoms. The molecule has 1 heterocycles. The van der Waals surface area contributed by atoms with Crippen molar-refractivity contribution in [1.29, 1.82) is 0 Å². The molecule has 0 saturated heterocycles. The maximum Gasteiger partial charge on any atom is 0.253 e. The number of carbonyl (C=O) groups excluding carboxylic acids is 1. The van der Waals surface area contributed by atoms with Gasteiger partial charge in [-0.25, -0.2) is 0 Å². The van der Waals surface area contributed by atoms with Crippen molar-refractivity contribution in [2.24, 2.45) is 0 Å². The van der Waals surface area contributed by atoms with Crippen LogP contribution in [0.2, 0.25) is 0 Å². The molecule has 3 nitrogen and oxygen atoms in total. The molecule has 1 aromatic rings. The van der Waals surface area contributed by atoms with Gasteiger partial charge in [-0.3, -0.25) is 4.79 Å². The molecule has 0 aliphatic carbocycles. The molecule has 0 saturated carbocycles. The Morgan fingerprint density at radius 3 is 2.67 bits per heavy atom. The second-order valence-corrected chi connectivity index (χ2v) is 4.68. The van der Waals surface area contributed by atoms with Gasteiger partial charge in [0.1, 0.15) is 5.76 Å². The smallest absolute Gasteiger partial charge is 0.253 e. The van der Waals surface area contributed by atoms with Gasteiger partial charge in [-0.1, -0.05) is 43.7 Å². The molecule has 2 rings (SSSR count). The molecule has 0 unspecified atom stereocenters. The molecule has 1 aliphatic heterocycles. The Morgan fingerprint density at radius 2 is 2.00 bits per heavy atom. The van der Waals surface area contributed by atoms with E-state index in [9.17, 15) is 9.90 Å². The van der Waals surface area contributed by atoms with Gasteiger partial charge in [-0.15, -0.1) is 0 Å². The first kappa shape index (κ1) is 12.7. The zero-order valence-electron chi connectivity index (χ0n) is 10.7. The summed E-state index contributed by atoms with van der Waals surface area (Å²) in [5, 5.41) is 9.85. The lowest BCUT2D eigenvalue weighted by molar-refractivity contribution is -0.126. The van der Waals surface area contributed by atoms with Crippen LogP contribution in [0.3, 0.4) is 0 Å². The molecule has 1 aliphatic rings. The number of amides is 1. The predicted molar refractivity (Wildman–Crippen MR) is 71.0 cm³/mol. The van der Waals surface area contributed by atoms with Gasteiger partial charge >= 0.3 is 0 Å². The Hall–Kier alpha value is -1.77. The summed E-state index contributed by atoms with van der Waals surface area (Å²) in [6.07, 6.45) is 2.67. The van der Waals surface area contributed by atoms with Gasteiger partial charge in [0.15, 0.2) is 0 Å². The molecule has 0 fully saturated rings. The molecule has 3 heteroatoms. The third kappa shape index (κ3) is 2.73. The van der Waals surface area contributed by atoms with Gasteiger partial charge in [-0.2, -0.15) is 0 Å². The minimum Gasteiger partial charge on any atom is -0.510 e. The van der Waals surface area contributed by atoms with E-state index >= 15 is 0 Å². The van der Waals surface area contributed by atoms with Crippen LogP contribution in [0.25, 0.3) is 0 Å². The van der Waals surface area contributed by atoms with Crippen LogP contribution in [-0.4, -0.2) is 22.5 Å². The highest BCUT2D eigenvalue weighted by Crippen LogP contribution is 2.23. The van der Waals surface area contributed by atoms with Gasteiger partial charge in [0.25, 0.3) is 5.91 Å². The lowest BCUT2D eigenvalue weighted by atomic mass is 10.1. The first-order chi connectivity index (χ1) is 8.72. The number of unbranched alkanes of at least 4 members (excludes halogenated alkanes) is 1. The van der Waals surface area contributed by atoms with Crippen molar-refractivity contribution in [3.05, 3.63) is 47.2 Å². The fourth-order valence-electron chi connectivity index (χ4n) is 2.20. The third-order valence-electron chi connectivity index (χ3n) is 3.23. The quantitative estimate of drug-likeness (QED) is 0.866. The van der Waals surface area contributed by atoms with Crippen molar-refractivity contribution in [2.75, 3.05) is 6.54 Å². The van der Waals surface area contributed by atoms with Crippen molar-refractivity contribution in [1.82, 2.24) is 4.90 Å². The summed E-state index contributed by atoms with van der Waals surface area (Å²) >= 11 is 0. The lowest BCUT2D eigenvalue weighted by Gasteiger charge is -2.16. The first-order valence-electron chi connectivity index (χ1n) is 6.46. The number of benzene rings is 1. The highest BCUT2D eigenvalue weighted by atomic mass is 16.3. The summed E-state index contributed by atoms with van der Waals surface area (Å²) in [4.78, 5) is 13.8. The minimum atomic E-state index is -0.00944. The Balaban J connectivity index is 2.01. The number of hydrogen-bond acceptors (Lipinski definition) is 2. The van der Waals surface area contributed by atoms with Gasteiger partial charge in [0.05, 0.1) is 12.1 Å². The fourth-order valence-corrected chi connectivity index (χ4v) is 2.20. The van der Waals surface area contributed by atoms with Crippen LogP contribution in [-0.2, 0) is 11.3 Å². The topological polar surface area (TPSA) is 40.5 Å². The summed E-state index contributed by atoms with van der Waals surface area (Å²) in [5.74, 6) is 0.245. The number of aliphatic hydroxyl groups excluding tert-OH is 1. The van der Waals surface area contributed by atoms with E-state index in [2.05, 4.69) is 6.92 Å². The highest BCUT2D eigenvalue weighted by molar-refractivity contribution is 5.96. The summed E-state index contributed by atoms with van der Waals surface area (Å²) in [7, 11) is 0. The van der Waals surface area contributed by atoms with E-state index in [-0.39, 0.29) is 11.7 Å². The number of hydrogen-bond donors (Lipinski definition) is 1. The van der Waals surface area contributed by atoms with Crippen molar-refractivity contribution in [3.8, 4) is 0 Å². The molecule has 1 aromatic carbocycles. The SMILES string of the molecule is CCCCC1=C(O)CN(Cc2ccccc2)C1=O. The normalized spacial score (nSPS) is 15.6. The van der Waals surface area contributed by atoms with Crippen LogP contribution in [0, 0.1) is 0 Å². The average molecular weight is 245 g/mol. The van der Waals surface area contributed by atoms with E-state index in [1.165, 1.54) is 0 Å². The largest absolute Gasteiger partial charge is 0.510 e.